The van der Waals surface area contributed by atoms with Gasteiger partial charge in [-0.1, -0.05) is 19.3 Å². The highest BCUT2D eigenvalue weighted by Gasteiger charge is 2.17. The minimum atomic E-state index is -0.0577. The molecule has 0 bridgehead atoms. The molecular formula is C18H28N4O2. The Hall–Kier alpha value is -1.85. The van der Waals surface area contributed by atoms with E-state index in [4.69, 9.17) is 4.74 Å². The maximum absolute atomic E-state index is 12.1. The summed E-state index contributed by atoms with van der Waals surface area (Å²) in [6.45, 7) is 3.94. The van der Waals surface area contributed by atoms with Crippen molar-refractivity contribution in [3.05, 3.63) is 11.8 Å². The molecule has 1 saturated heterocycles. The van der Waals surface area contributed by atoms with Gasteiger partial charge in [0, 0.05) is 30.9 Å². The van der Waals surface area contributed by atoms with Crippen LogP contribution in [-0.2, 0) is 4.79 Å². The lowest BCUT2D eigenvalue weighted by Crippen LogP contribution is -2.39. The number of amides is 1. The number of carbonyl (C=O) groups is 1. The second-order valence-electron chi connectivity index (χ2n) is 6.89. The highest BCUT2D eigenvalue weighted by molar-refractivity contribution is 5.77. The number of carbonyl (C=O) groups excluding carboxylic acids is 1. The zero-order valence-electron chi connectivity index (χ0n) is 14.6. The van der Waals surface area contributed by atoms with Crippen LogP contribution in [0.25, 0.3) is 0 Å². The second-order valence-corrected chi connectivity index (χ2v) is 6.89. The maximum Gasteiger partial charge on any atom is 0.258 e. The summed E-state index contributed by atoms with van der Waals surface area (Å²) in [5.74, 6) is 1.15. The first kappa shape index (κ1) is 17.0. The molecule has 1 aliphatic carbocycles. The van der Waals surface area contributed by atoms with Crippen LogP contribution in [0, 0.1) is 6.92 Å². The molecule has 6 heteroatoms. The minimum Gasteiger partial charge on any atom is -0.467 e. The van der Waals surface area contributed by atoms with Crippen molar-refractivity contribution in [3.8, 4) is 5.88 Å². The smallest absolute Gasteiger partial charge is 0.258 e. The van der Waals surface area contributed by atoms with Gasteiger partial charge in [0.2, 0.25) is 11.8 Å². The number of aryl methyl sites for hydroxylation is 1. The fourth-order valence-corrected chi connectivity index (χ4v) is 3.49. The van der Waals surface area contributed by atoms with E-state index >= 15 is 0 Å². The molecule has 2 fully saturated rings. The van der Waals surface area contributed by atoms with Crippen LogP contribution in [0.2, 0.25) is 0 Å². The molecule has 0 unspecified atom stereocenters. The fourth-order valence-electron chi connectivity index (χ4n) is 3.49. The number of rotatable bonds is 5. The highest BCUT2D eigenvalue weighted by Crippen LogP contribution is 2.20. The van der Waals surface area contributed by atoms with Gasteiger partial charge in [0.25, 0.3) is 5.91 Å². The first-order valence-corrected chi connectivity index (χ1v) is 9.23. The highest BCUT2D eigenvalue weighted by atomic mass is 16.5. The van der Waals surface area contributed by atoms with Gasteiger partial charge in [0.1, 0.15) is 0 Å². The average molecular weight is 332 g/mol. The lowest BCUT2D eigenvalue weighted by Gasteiger charge is -2.27. The third-order valence-electron chi connectivity index (χ3n) is 4.78. The number of piperidine rings is 1. The predicted octanol–water partition coefficient (Wildman–Crippen LogP) is 2.60. The molecule has 2 heterocycles. The van der Waals surface area contributed by atoms with Crippen molar-refractivity contribution in [2.24, 2.45) is 0 Å². The summed E-state index contributed by atoms with van der Waals surface area (Å²) in [6, 6.07) is 2.10. The van der Waals surface area contributed by atoms with E-state index in [1.54, 1.807) is 6.07 Å². The molecule has 6 nitrogen and oxygen atoms in total. The molecule has 24 heavy (non-hydrogen) atoms. The summed E-state index contributed by atoms with van der Waals surface area (Å²) in [5.41, 5.74) is 0.869. The Morgan fingerprint density at radius 1 is 1.17 bits per heavy atom. The van der Waals surface area contributed by atoms with Gasteiger partial charge in [-0.2, -0.15) is 4.98 Å². The summed E-state index contributed by atoms with van der Waals surface area (Å²) in [4.78, 5) is 23.3. The minimum absolute atomic E-state index is 0.0202. The van der Waals surface area contributed by atoms with Crippen LogP contribution in [0.3, 0.4) is 0 Å². The van der Waals surface area contributed by atoms with Crippen LogP contribution in [0.5, 0.6) is 5.88 Å². The molecular weight excluding hydrogens is 304 g/mol. The Morgan fingerprint density at radius 2 is 1.88 bits per heavy atom. The van der Waals surface area contributed by atoms with Gasteiger partial charge in [-0.05, 0) is 39.0 Å². The molecule has 3 rings (SSSR count). The molecule has 0 atom stereocenters. The van der Waals surface area contributed by atoms with E-state index in [0.29, 0.717) is 11.9 Å². The summed E-state index contributed by atoms with van der Waals surface area (Å²) in [6.07, 6.45) is 9.48. The monoisotopic (exact) mass is 332 g/mol. The molecule has 1 N–H and O–H groups in total. The number of nitrogens with one attached hydrogen (secondary N) is 1. The second kappa shape index (κ2) is 8.31. The van der Waals surface area contributed by atoms with Gasteiger partial charge in [-0.15, -0.1) is 0 Å². The van der Waals surface area contributed by atoms with E-state index in [2.05, 4.69) is 20.2 Å². The van der Waals surface area contributed by atoms with Gasteiger partial charge >= 0.3 is 0 Å². The van der Waals surface area contributed by atoms with Crippen molar-refractivity contribution in [2.45, 2.75) is 64.3 Å². The van der Waals surface area contributed by atoms with Crippen molar-refractivity contribution in [2.75, 3.05) is 24.6 Å². The van der Waals surface area contributed by atoms with Gasteiger partial charge in [-0.25, -0.2) is 4.98 Å². The number of nitrogens with zero attached hydrogens (tertiary/aromatic N) is 3. The van der Waals surface area contributed by atoms with E-state index in [1.807, 2.05) is 6.92 Å². The first-order chi connectivity index (χ1) is 11.7. The van der Waals surface area contributed by atoms with Crippen LogP contribution in [-0.4, -0.2) is 41.6 Å². The topological polar surface area (TPSA) is 67.3 Å². The number of ether oxygens (including phenoxy) is 1. The van der Waals surface area contributed by atoms with Gasteiger partial charge in [-0.3, -0.25) is 4.79 Å². The number of hydrogen-bond acceptors (Lipinski definition) is 5. The summed E-state index contributed by atoms with van der Waals surface area (Å²) in [5, 5.41) is 3.06. The number of anilines is 1. The van der Waals surface area contributed by atoms with Crippen LogP contribution >= 0.6 is 0 Å². The van der Waals surface area contributed by atoms with E-state index in [-0.39, 0.29) is 12.5 Å². The average Bonchev–Trinajstić information content (AvgIpc) is 2.61. The molecule has 1 aromatic heterocycles. The van der Waals surface area contributed by atoms with E-state index in [9.17, 15) is 4.79 Å². The Bertz CT molecular complexity index is 552. The van der Waals surface area contributed by atoms with E-state index < -0.39 is 0 Å². The molecule has 2 aliphatic rings. The van der Waals surface area contributed by atoms with E-state index in [1.165, 1.54) is 38.5 Å². The van der Waals surface area contributed by atoms with Crippen molar-refractivity contribution >= 4 is 11.9 Å². The Labute approximate surface area is 144 Å². The van der Waals surface area contributed by atoms with Gasteiger partial charge < -0.3 is 15.0 Å². The molecule has 1 amide bonds. The molecule has 1 aromatic rings. The SMILES string of the molecule is Cc1cc(OCC(=O)NC2CCCCC2)nc(N2CCCCC2)n1. The normalized spacial score (nSPS) is 19.1. The van der Waals surface area contributed by atoms with Crippen LogP contribution in [0.15, 0.2) is 6.07 Å². The summed E-state index contributed by atoms with van der Waals surface area (Å²) in [7, 11) is 0. The van der Waals surface area contributed by atoms with Gasteiger partial charge in [0.15, 0.2) is 6.61 Å². The number of aromatic nitrogens is 2. The van der Waals surface area contributed by atoms with E-state index in [0.717, 1.165) is 37.6 Å². The predicted molar refractivity (Wildman–Crippen MR) is 93.3 cm³/mol. The standard InChI is InChI=1S/C18H28N4O2/c1-14-12-17(21-18(19-14)22-10-6-3-7-11-22)24-13-16(23)20-15-8-4-2-5-9-15/h12,15H,2-11,13H2,1H3,(H,20,23). The zero-order valence-corrected chi connectivity index (χ0v) is 14.6. The molecule has 0 aromatic carbocycles. The third kappa shape index (κ3) is 4.82. The number of hydrogen-bond donors (Lipinski definition) is 1. The summed E-state index contributed by atoms with van der Waals surface area (Å²) < 4.78 is 5.63. The molecule has 1 aliphatic heterocycles. The third-order valence-corrected chi connectivity index (χ3v) is 4.78. The van der Waals surface area contributed by atoms with Crippen molar-refractivity contribution in [1.29, 1.82) is 0 Å². The fraction of sp³-hybridized carbons (Fsp3) is 0.722. The largest absolute Gasteiger partial charge is 0.467 e. The Balaban J connectivity index is 1.54. The first-order valence-electron chi connectivity index (χ1n) is 9.23. The molecule has 0 spiro atoms. The van der Waals surface area contributed by atoms with Crippen LogP contribution in [0.4, 0.5) is 5.95 Å². The Morgan fingerprint density at radius 3 is 2.62 bits per heavy atom. The molecule has 0 radical (unpaired) electrons. The lowest BCUT2D eigenvalue weighted by atomic mass is 9.95. The lowest BCUT2D eigenvalue weighted by molar-refractivity contribution is -0.124. The zero-order chi connectivity index (χ0) is 16.8. The Kier molecular flexibility index (Phi) is 5.88. The van der Waals surface area contributed by atoms with Crippen molar-refractivity contribution in [1.82, 2.24) is 15.3 Å². The van der Waals surface area contributed by atoms with Gasteiger partial charge in [0.05, 0.1) is 0 Å². The maximum atomic E-state index is 12.1. The van der Waals surface area contributed by atoms with Crippen LogP contribution < -0.4 is 15.0 Å². The molecule has 132 valence electrons. The van der Waals surface area contributed by atoms with Crippen LogP contribution in [0.1, 0.15) is 57.1 Å². The van der Waals surface area contributed by atoms with Crippen molar-refractivity contribution in [3.63, 3.8) is 0 Å². The molecule has 1 saturated carbocycles. The van der Waals surface area contributed by atoms with Crippen molar-refractivity contribution < 1.29 is 9.53 Å². The summed E-state index contributed by atoms with van der Waals surface area (Å²) >= 11 is 0. The quantitative estimate of drug-likeness (QED) is 0.898.